The molecule has 1 aromatic rings. The van der Waals surface area contributed by atoms with E-state index in [1.807, 2.05) is 0 Å². The van der Waals surface area contributed by atoms with Crippen LogP contribution in [-0.4, -0.2) is 35.8 Å². The predicted octanol–water partition coefficient (Wildman–Crippen LogP) is 3.37. The number of hydrogen-bond donors (Lipinski definition) is 3. The molecule has 0 fully saturated rings. The van der Waals surface area contributed by atoms with Gasteiger partial charge in [-0.15, -0.1) is 0 Å². The molecule has 11 heteroatoms. The van der Waals surface area contributed by atoms with Crippen LogP contribution in [0.1, 0.15) is 6.92 Å². The molecule has 1 rings (SSSR count). The van der Waals surface area contributed by atoms with Crippen molar-refractivity contribution in [1.29, 1.82) is 0 Å². The number of phenols is 1. The molecule has 0 saturated carbocycles. The van der Waals surface area contributed by atoms with E-state index in [1.54, 1.807) is 0 Å². The zero-order valence-electron chi connectivity index (χ0n) is 11.5. The first kappa shape index (κ1) is 18.7. The second-order valence-electron chi connectivity index (χ2n) is 4.26. The summed E-state index contributed by atoms with van der Waals surface area (Å²) in [7, 11) is 0. The number of rotatable bonds is 4. The highest BCUT2D eigenvalue weighted by Gasteiger charge is 2.73. The lowest BCUT2D eigenvalue weighted by molar-refractivity contribution is -0.294. The van der Waals surface area contributed by atoms with Crippen LogP contribution in [0.25, 0.3) is 0 Å². The van der Waals surface area contributed by atoms with Gasteiger partial charge in [0, 0.05) is 5.69 Å². The van der Waals surface area contributed by atoms with Crippen LogP contribution in [-0.2, 0) is 4.74 Å². The Labute approximate surface area is 126 Å². The van der Waals surface area contributed by atoms with Crippen molar-refractivity contribution in [3.63, 3.8) is 0 Å². The predicted molar refractivity (Wildman–Crippen MR) is 66.7 cm³/mol. The molecule has 1 aromatic carbocycles. The zero-order valence-corrected chi connectivity index (χ0v) is 11.5. The van der Waals surface area contributed by atoms with E-state index < -0.39 is 36.4 Å². The van der Waals surface area contributed by atoms with Gasteiger partial charge in [-0.3, -0.25) is 5.32 Å². The van der Waals surface area contributed by atoms with E-state index in [4.69, 9.17) is 5.11 Å². The summed E-state index contributed by atoms with van der Waals surface area (Å²) in [5, 5.41) is 11.0. The number of phenolic OH excluding ortho intramolecular Hbond substituents is 1. The maximum absolute atomic E-state index is 13.1. The number of carbonyl (C=O) groups excluding carboxylic acids is 1. The summed E-state index contributed by atoms with van der Waals surface area (Å²) in [6.45, 7) is 0.798. The molecule has 0 bridgehead atoms. The van der Waals surface area contributed by atoms with Crippen LogP contribution in [0.3, 0.4) is 0 Å². The highest BCUT2D eigenvalue weighted by Crippen LogP contribution is 2.43. The van der Waals surface area contributed by atoms with Crippen LogP contribution in [0.5, 0.6) is 5.75 Å². The third-order valence-electron chi connectivity index (χ3n) is 2.61. The quantitative estimate of drug-likeness (QED) is 0.444. The minimum absolute atomic E-state index is 0.362. The van der Waals surface area contributed by atoms with Gasteiger partial charge in [0.15, 0.2) is 0 Å². The normalized spacial score (nSPS) is 12.7. The fourth-order valence-electron chi connectivity index (χ4n) is 1.56. The maximum Gasteiger partial charge on any atom is 0.439 e. The molecule has 130 valence electrons. The number of carbonyl (C=O) groups is 1. The van der Waals surface area contributed by atoms with Crippen molar-refractivity contribution in [2.75, 3.05) is 11.9 Å². The first-order valence-corrected chi connectivity index (χ1v) is 6.08. The average Bonchev–Trinajstić information content (AvgIpc) is 2.38. The molecule has 0 aliphatic heterocycles. The van der Waals surface area contributed by atoms with Crippen molar-refractivity contribution >= 4 is 11.8 Å². The van der Waals surface area contributed by atoms with Gasteiger partial charge in [0.1, 0.15) is 5.75 Å². The number of hydrogen-bond acceptors (Lipinski definition) is 4. The van der Waals surface area contributed by atoms with Crippen molar-refractivity contribution in [2.24, 2.45) is 0 Å². The van der Waals surface area contributed by atoms with Crippen molar-refractivity contribution in [3.8, 4) is 5.75 Å². The molecule has 0 saturated heterocycles. The lowest BCUT2D eigenvalue weighted by Crippen LogP contribution is -2.72. The van der Waals surface area contributed by atoms with Gasteiger partial charge >= 0.3 is 24.1 Å². The Morgan fingerprint density at radius 2 is 1.57 bits per heavy atom. The molecule has 0 radical (unpaired) electrons. The topological polar surface area (TPSA) is 70.6 Å². The molecule has 0 aromatic heterocycles. The van der Waals surface area contributed by atoms with Crippen LogP contribution < -0.4 is 10.6 Å². The van der Waals surface area contributed by atoms with Crippen molar-refractivity contribution in [1.82, 2.24) is 5.32 Å². The molecule has 0 spiro atoms. The van der Waals surface area contributed by atoms with E-state index in [1.165, 1.54) is 12.2 Å². The molecule has 0 unspecified atom stereocenters. The number of nitrogens with one attached hydrogen (secondary N) is 2. The van der Waals surface area contributed by atoms with Gasteiger partial charge in [-0.1, -0.05) is 0 Å². The third kappa shape index (κ3) is 4.11. The fourth-order valence-corrected chi connectivity index (χ4v) is 1.56. The molecule has 0 aliphatic carbocycles. The highest BCUT2D eigenvalue weighted by molar-refractivity contribution is 5.69. The minimum Gasteiger partial charge on any atom is -0.508 e. The summed E-state index contributed by atoms with van der Waals surface area (Å²) in [6.07, 6.45) is -13.8. The maximum atomic E-state index is 13.1. The van der Waals surface area contributed by atoms with Gasteiger partial charge < -0.3 is 15.2 Å². The van der Waals surface area contributed by atoms with E-state index in [-0.39, 0.29) is 5.75 Å². The molecule has 1 amide bonds. The van der Waals surface area contributed by atoms with E-state index in [0.29, 0.717) is 0 Å². The number of alkyl halides is 6. The summed E-state index contributed by atoms with van der Waals surface area (Å²) >= 11 is 0. The molecule has 3 N–H and O–H groups in total. The molecule has 0 aliphatic rings. The van der Waals surface area contributed by atoms with E-state index >= 15 is 0 Å². The molecule has 0 heterocycles. The van der Waals surface area contributed by atoms with Gasteiger partial charge in [-0.2, -0.15) is 26.3 Å². The number of benzene rings is 1. The zero-order chi connectivity index (χ0) is 17.9. The SMILES string of the molecule is CCOC(=O)NC(Nc1ccc(O)cc1)(C(F)(F)F)C(F)(F)F. The Bertz CT molecular complexity index is 527. The Morgan fingerprint density at radius 3 is 1.96 bits per heavy atom. The number of halogens is 6. The molecular formula is C12H12F6N2O3. The first-order valence-electron chi connectivity index (χ1n) is 6.08. The molecule has 0 atom stereocenters. The minimum atomic E-state index is -5.93. The average molecular weight is 346 g/mol. The summed E-state index contributed by atoms with van der Waals surface area (Å²) in [6, 6.07) is 3.33. The van der Waals surface area contributed by atoms with Crippen LogP contribution in [0.4, 0.5) is 36.8 Å². The summed E-state index contributed by atoms with van der Waals surface area (Å²) in [5.41, 5.74) is -5.39. The number of alkyl carbamates (subject to hydrolysis) is 1. The van der Waals surface area contributed by atoms with Crippen LogP contribution in [0.2, 0.25) is 0 Å². The number of aromatic hydroxyl groups is 1. The largest absolute Gasteiger partial charge is 0.508 e. The van der Waals surface area contributed by atoms with Gasteiger partial charge in [-0.05, 0) is 31.2 Å². The van der Waals surface area contributed by atoms with Crippen molar-refractivity contribution in [2.45, 2.75) is 24.9 Å². The van der Waals surface area contributed by atoms with Crippen LogP contribution in [0, 0.1) is 0 Å². The fraction of sp³-hybridized carbons (Fsp3) is 0.417. The number of amides is 1. The molecule has 23 heavy (non-hydrogen) atoms. The van der Waals surface area contributed by atoms with Crippen LogP contribution >= 0.6 is 0 Å². The van der Waals surface area contributed by atoms with Gasteiger partial charge in [0.25, 0.3) is 0 Å². The summed E-state index contributed by atoms with van der Waals surface area (Å²) < 4.78 is 82.9. The second kappa shape index (κ2) is 6.42. The second-order valence-corrected chi connectivity index (χ2v) is 4.26. The van der Waals surface area contributed by atoms with Gasteiger partial charge in [0.2, 0.25) is 0 Å². The first-order chi connectivity index (χ1) is 10.4. The number of ether oxygens (including phenoxy) is 1. The lowest BCUT2D eigenvalue weighted by Gasteiger charge is -2.38. The van der Waals surface area contributed by atoms with Crippen molar-refractivity contribution < 1.29 is 41.0 Å². The summed E-state index contributed by atoms with van der Waals surface area (Å²) in [4.78, 5) is 11.2. The lowest BCUT2D eigenvalue weighted by atomic mass is 10.1. The van der Waals surface area contributed by atoms with Crippen LogP contribution in [0.15, 0.2) is 24.3 Å². The molecule has 5 nitrogen and oxygen atoms in total. The van der Waals surface area contributed by atoms with E-state index in [9.17, 15) is 31.1 Å². The standard InChI is InChI=1S/C12H12F6N2O3/c1-2-23-9(22)20-10(11(13,14)15,12(16,17)18)19-7-3-5-8(21)6-4-7/h3-6,19,21H,2H2,1H3,(H,20,22). The monoisotopic (exact) mass is 346 g/mol. The highest BCUT2D eigenvalue weighted by atomic mass is 19.4. The smallest absolute Gasteiger partial charge is 0.439 e. The third-order valence-corrected chi connectivity index (χ3v) is 2.61. The van der Waals surface area contributed by atoms with E-state index in [0.717, 1.165) is 29.6 Å². The van der Waals surface area contributed by atoms with Gasteiger partial charge in [0.05, 0.1) is 6.61 Å². The molecular weight excluding hydrogens is 334 g/mol. The Balaban J connectivity index is 3.32. The number of anilines is 1. The summed E-state index contributed by atoms with van der Waals surface area (Å²) in [5.74, 6) is -0.362. The van der Waals surface area contributed by atoms with Gasteiger partial charge in [-0.25, -0.2) is 4.79 Å². The Morgan fingerprint density at radius 1 is 1.09 bits per heavy atom. The van der Waals surface area contributed by atoms with Crippen molar-refractivity contribution in [3.05, 3.63) is 24.3 Å². The van der Waals surface area contributed by atoms with E-state index in [2.05, 4.69) is 4.74 Å². The Hall–Kier alpha value is -2.33. The Kier molecular flexibility index (Phi) is 5.23.